The van der Waals surface area contributed by atoms with Crippen molar-refractivity contribution in [3.8, 4) is 11.5 Å². The number of halogens is 1. The minimum Gasteiger partial charge on any atom is -0.493 e. The van der Waals surface area contributed by atoms with Gasteiger partial charge in [0.25, 0.3) is 0 Å². The number of aliphatic hydroxyl groups is 1. The quantitative estimate of drug-likeness (QED) is 0.544. The summed E-state index contributed by atoms with van der Waals surface area (Å²) >= 11 is 6.26. The van der Waals surface area contributed by atoms with Gasteiger partial charge in [-0.2, -0.15) is 0 Å². The first-order chi connectivity index (χ1) is 10.2. The molecular weight excluding hydrogens is 292 g/mol. The number of aliphatic hydroxyl groups excluding tert-OH is 1. The predicted octanol–water partition coefficient (Wildman–Crippen LogP) is 1.81. The van der Waals surface area contributed by atoms with Crippen LogP contribution in [-0.2, 0) is 6.54 Å². The number of methoxy groups -OCH3 is 1. The zero-order valence-electron chi connectivity index (χ0n) is 12.7. The number of nitrogens with one attached hydrogen (secondary N) is 2. The molecule has 0 amide bonds. The molecule has 21 heavy (non-hydrogen) atoms. The van der Waals surface area contributed by atoms with Gasteiger partial charge >= 0.3 is 0 Å². The molecule has 1 aromatic rings. The second-order valence-electron chi connectivity index (χ2n) is 4.61. The fourth-order valence-corrected chi connectivity index (χ4v) is 2.12. The van der Waals surface area contributed by atoms with Gasteiger partial charge in [0, 0.05) is 26.2 Å². The first-order valence-corrected chi connectivity index (χ1v) is 7.62. The first-order valence-electron chi connectivity index (χ1n) is 7.24. The zero-order chi connectivity index (χ0) is 15.5. The number of hydrogen-bond acceptors (Lipinski definition) is 5. The van der Waals surface area contributed by atoms with Crippen molar-refractivity contribution in [3.05, 3.63) is 22.7 Å². The van der Waals surface area contributed by atoms with Crippen molar-refractivity contribution in [1.82, 2.24) is 10.6 Å². The molecule has 0 fully saturated rings. The fraction of sp³-hybridized carbons (Fsp3) is 0.600. The lowest BCUT2D eigenvalue weighted by Crippen LogP contribution is -2.28. The average molecular weight is 317 g/mol. The predicted molar refractivity (Wildman–Crippen MR) is 85.5 cm³/mol. The number of hydrogen-bond donors (Lipinski definition) is 3. The molecule has 6 heteroatoms. The molecule has 0 saturated carbocycles. The van der Waals surface area contributed by atoms with Crippen LogP contribution >= 0.6 is 11.6 Å². The molecule has 1 aromatic carbocycles. The first kappa shape index (κ1) is 18.0. The highest BCUT2D eigenvalue weighted by Crippen LogP contribution is 2.36. The van der Waals surface area contributed by atoms with E-state index in [4.69, 9.17) is 26.2 Å². The van der Waals surface area contributed by atoms with Crippen LogP contribution in [0.3, 0.4) is 0 Å². The van der Waals surface area contributed by atoms with Crippen LogP contribution in [0.15, 0.2) is 12.1 Å². The van der Waals surface area contributed by atoms with Crippen LogP contribution in [0, 0.1) is 0 Å². The molecule has 0 bridgehead atoms. The van der Waals surface area contributed by atoms with E-state index in [1.54, 1.807) is 7.11 Å². The molecule has 0 aliphatic heterocycles. The lowest BCUT2D eigenvalue weighted by molar-refractivity contribution is 0.292. The summed E-state index contributed by atoms with van der Waals surface area (Å²) in [5.41, 5.74) is 1.04. The van der Waals surface area contributed by atoms with Crippen molar-refractivity contribution in [1.29, 1.82) is 0 Å². The Morgan fingerprint density at radius 1 is 1.19 bits per heavy atom. The van der Waals surface area contributed by atoms with E-state index in [1.807, 2.05) is 19.1 Å². The van der Waals surface area contributed by atoms with E-state index in [9.17, 15) is 0 Å². The van der Waals surface area contributed by atoms with E-state index in [1.165, 1.54) is 0 Å². The highest BCUT2D eigenvalue weighted by Gasteiger charge is 2.11. The van der Waals surface area contributed by atoms with Crippen LogP contribution in [-0.4, -0.2) is 45.1 Å². The molecule has 5 nitrogen and oxygen atoms in total. The molecule has 0 atom stereocenters. The monoisotopic (exact) mass is 316 g/mol. The van der Waals surface area contributed by atoms with Gasteiger partial charge in [0.1, 0.15) is 0 Å². The largest absolute Gasteiger partial charge is 0.493 e. The van der Waals surface area contributed by atoms with Gasteiger partial charge in [-0.15, -0.1) is 0 Å². The van der Waals surface area contributed by atoms with Crippen molar-refractivity contribution in [2.75, 3.05) is 40.0 Å². The van der Waals surface area contributed by atoms with E-state index in [2.05, 4.69) is 10.6 Å². The lowest BCUT2D eigenvalue weighted by atomic mass is 10.2. The van der Waals surface area contributed by atoms with Gasteiger partial charge < -0.3 is 25.2 Å². The second-order valence-corrected chi connectivity index (χ2v) is 5.02. The Balaban J connectivity index is 2.53. The molecule has 0 radical (unpaired) electrons. The van der Waals surface area contributed by atoms with Crippen molar-refractivity contribution < 1.29 is 14.6 Å². The van der Waals surface area contributed by atoms with Crippen molar-refractivity contribution in [3.63, 3.8) is 0 Å². The lowest BCUT2D eigenvalue weighted by Gasteiger charge is -2.14. The van der Waals surface area contributed by atoms with E-state index in [0.29, 0.717) is 36.2 Å². The SMILES string of the molecule is CCCOc1c(Cl)cc(CNCCNCCO)cc1OC. The molecule has 0 aliphatic carbocycles. The molecule has 120 valence electrons. The van der Waals surface area contributed by atoms with Gasteiger partial charge in [-0.1, -0.05) is 18.5 Å². The Labute approximate surface area is 131 Å². The Kier molecular flexibility index (Phi) is 9.17. The topological polar surface area (TPSA) is 62.8 Å². The summed E-state index contributed by atoms with van der Waals surface area (Å²) < 4.78 is 11.0. The summed E-state index contributed by atoms with van der Waals surface area (Å²) in [6, 6.07) is 3.83. The molecular formula is C15H25ClN2O3. The molecule has 1 rings (SSSR count). The third kappa shape index (κ3) is 6.52. The molecule has 0 saturated heterocycles. The maximum atomic E-state index is 8.65. The molecule has 0 aliphatic rings. The van der Waals surface area contributed by atoms with Crippen LogP contribution in [0.4, 0.5) is 0 Å². The second kappa shape index (κ2) is 10.7. The Morgan fingerprint density at radius 3 is 2.62 bits per heavy atom. The van der Waals surface area contributed by atoms with Crippen LogP contribution in [0.5, 0.6) is 11.5 Å². The van der Waals surface area contributed by atoms with Crippen LogP contribution in [0.1, 0.15) is 18.9 Å². The van der Waals surface area contributed by atoms with Crippen molar-refractivity contribution in [2.24, 2.45) is 0 Å². The van der Waals surface area contributed by atoms with Gasteiger partial charge in [0.15, 0.2) is 11.5 Å². The Hall–Kier alpha value is -1.01. The van der Waals surface area contributed by atoms with E-state index in [-0.39, 0.29) is 6.61 Å². The smallest absolute Gasteiger partial charge is 0.179 e. The molecule has 0 heterocycles. The summed E-state index contributed by atoms with van der Waals surface area (Å²) in [6.45, 7) is 5.76. The Bertz CT molecular complexity index is 416. The Morgan fingerprint density at radius 2 is 1.95 bits per heavy atom. The van der Waals surface area contributed by atoms with Crippen LogP contribution in [0.2, 0.25) is 5.02 Å². The van der Waals surface area contributed by atoms with Crippen molar-refractivity contribution in [2.45, 2.75) is 19.9 Å². The summed E-state index contributed by atoms with van der Waals surface area (Å²) in [4.78, 5) is 0. The van der Waals surface area contributed by atoms with Crippen LogP contribution in [0.25, 0.3) is 0 Å². The number of benzene rings is 1. The summed E-state index contributed by atoms with van der Waals surface area (Å²) in [5, 5.41) is 15.6. The third-order valence-corrected chi connectivity index (χ3v) is 3.12. The number of ether oxygens (including phenoxy) is 2. The van der Waals surface area contributed by atoms with Gasteiger partial charge in [0.2, 0.25) is 0 Å². The van der Waals surface area contributed by atoms with Gasteiger partial charge in [-0.25, -0.2) is 0 Å². The average Bonchev–Trinajstić information content (AvgIpc) is 2.49. The zero-order valence-corrected chi connectivity index (χ0v) is 13.5. The summed E-state index contributed by atoms with van der Waals surface area (Å²) in [7, 11) is 1.61. The van der Waals surface area contributed by atoms with Gasteiger partial charge in [-0.3, -0.25) is 0 Å². The fourth-order valence-electron chi connectivity index (χ4n) is 1.83. The maximum absolute atomic E-state index is 8.65. The highest BCUT2D eigenvalue weighted by atomic mass is 35.5. The highest BCUT2D eigenvalue weighted by molar-refractivity contribution is 6.32. The van der Waals surface area contributed by atoms with Gasteiger partial charge in [-0.05, 0) is 24.1 Å². The number of rotatable bonds is 11. The van der Waals surface area contributed by atoms with E-state index >= 15 is 0 Å². The minimum atomic E-state index is 0.159. The molecule has 0 aromatic heterocycles. The third-order valence-electron chi connectivity index (χ3n) is 2.84. The van der Waals surface area contributed by atoms with E-state index in [0.717, 1.165) is 25.1 Å². The maximum Gasteiger partial charge on any atom is 0.179 e. The molecule has 3 N–H and O–H groups in total. The summed E-state index contributed by atoms with van der Waals surface area (Å²) in [5.74, 6) is 1.26. The molecule has 0 unspecified atom stereocenters. The normalized spacial score (nSPS) is 10.7. The minimum absolute atomic E-state index is 0.159. The van der Waals surface area contributed by atoms with Crippen LogP contribution < -0.4 is 20.1 Å². The van der Waals surface area contributed by atoms with E-state index < -0.39 is 0 Å². The van der Waals surface area contributed by atoms with Gasteiger partial charge in [0.05, 0.1) is 25.3 Å². The standard InChI is InChI=1S/C15H25ClN2O3/c1-3-8-21-15-13(16)9-12(10-14(15)20-2)11-18-5-4-17-6-7-19/h9-10,17-19H,3-8,11H2,1-2H3. The summed E-state index contributed by atoms with van der Waals surface area (Å²) in [6.07, 6.45) is 0.920. The molecule has 0 spiro atoms. The van der Waals surface area contributed by atoms with Crippen molar-refractivity contribution >= 4 is 11.6 Å².